The highest BCUT2D eigenvalue weighted by Crippen LogP contribution is 2.18. The third-order valence-electron chi connectivity index (χ3n) is 3.97. The van der Waals surface area contributed by atoms with Crippen LogP contribution in [-0.2, 0) is 16.0 Å². The normalized spacial score (nSPS) is 11.5. The Morgan fingerprint density at radius 2 is 1.62 bits per heavy atom. The molecule has 132 valence electrons. The van der Waals surface area contributed by atoms with E-state index in [-0.39, 0.29) is 18.6 Å². The van der Waals surface area contributed by atoms with E-state index in [0.717, 1.165) is 11.1 Å². The fourth-order valence-corrected chi connectivity index (χ4v) is 2.69. The number of carbonyl (C=O) groups is 2. The minimum absolute atomic E-state index is 0.199. The Morgan fingerprint density at radius 1 is 0.923 bits per heavy atom. The monoisotopic (exact) mass is 348 g/mol. The molecule has 5 nitrogen and oxygen atoms in total. The predicted molar refractivity (Wildman–Crippen MR) is 98.5 cm³/mol. The second-order valence-electron chi connectivity index (χ2n) is 5.88. The maximum atomic E-state index is 12.3. The Bertz CT molecular complexity index is 830. The summed E-state index contributed by atoms with van der Waals surface area (Å²) in [5.41, 5.74) is 2.44. The van der Waals surface area contributed by atoms with Crippen molar-refractivity contribution in [3.05, 3.63) is 95.8 Å². The minimum Gasteiger partial charge on any atom is -0.451 e. The van der Waals surface area contributed by atoms with Crippen LogP contribution in [0, 0.1) is 0 Å². The van der Waals surface area contributed by atoms with Crippen LogP contribution in [0.2, 0.25) is 0 Å². The standard InChI is InChI=1S/C21H20N2O3/c24-20(15-26-21(25)18-12-7-13-22-18)23-19(17-10-5-2-6-11-17)14-16-8-3-1-4-9-16/h1-13,19,22H,14-15H2,(H,23,24)/t19-/m1/s1. The van der Waals surface area contributed by atoms with E-state index in [1.54, 1.807) is 18.3 Å². The van der Waals surface area contributed by atoms with E-state index >= 15 is 0 Å². The summed E-state index contributed by atoms with van der Waals surface area (Å²) in [5, 5.41) is 2.96. The van der Waals surface area contributed by atoms with Crippen LogP contribution in [0.3, 0.4) is 0 Å². The molecular weight excluding hydrogens is 328 g/mol. The van der Waals surface area contributed by atoms with Gasteiger partial charge in [-0.2, -0.15) is 0 Å². The highest BCUT2D eigenvalue weighted by Gasteiger charge is 2.17. The fourth-order valence-electron chi connectivity index (χ4n) is 2.69. The van der Waals surface area contributed by atoms with Gasteiger partial charge in [-0.1, -0.05) is 60.7 Å². The minimum atomic E-state index is -0.551. The molecule has 1 heterocycles. The van der Waals surface area contributed by atoms with E-state index in [1.165, 1.54) is 0 Å². The number of hydrogen-bond donors (Lipinski definition) is 2. The molecule has 0 aliphatic heterocycles. The van der Waals surface area contributed by atoms with E-state index in [0.29, 0.717) is 12.1 Å². The molecule has 2 N–H and O–H groups in total. The van der Waals surface area contributed by atoms with Crippen molar-refractivity contribution in [2.45, 2.75) is 12.5 Å². The second-order valence-corrected chi connectivity index (χ2v) is 5.88. The van der Waals surface area contributed by atoms with Crippen molar-refractivity contribution in [3.63, 3.8) is 0 Å². The van der Waals surface area contributed by atoms with Gasteiger partial charge in [0, 0.05) is 6.20 Å². The molecule has 0 saturated carbocycles. The summed E-state index contributed by atoms with van der Waals surface area (Å²) >= 11 is 0. The molecule has 0 bridgehead atoms. The van der Waals surface area contributed by atoms with Crippen LogP contribution >= 0.6 is 0 Å². The summed E-state index contributed by atoms with van der Waals surface area (Å²) in [6.45, 7) is -0.323. The molecule has 0 aliphatic rings. The van der Waals surface area contributed by atoms with E-state index in [2.05, 4.69) is 10.3 Å². The lowest BCUT2D eigenvalue weighted by atomic mass is 9.99. The SMILES string of the molecule is O=C(COC(=O)c1ccc[nH]1)N[C@H](Cc1ccccc1)c1ccccc1. The van der Waals surface area contributed by atoms with Crippen LogP contribution in [0.15, 0.2) is 79.0 Å². The molecule has 26 heavy (non-hydrogen) atoms. The number of H-pyrrole nitrogens is 1. The van der Waals surface area contributed by atoms with Crippen molar-refractivity contribution in [2.75, 3.05) is 6.61 Å². The molecule has 0 saturated heterocycles. The molecule has 3 aromatic rings. The summed E-state index contributed by atoms with van der Waals surface area (Å²) in [6, 6.07) is 22.8. The zero-order chi connectivity index (χ0) is 18.2. The zero-order valence-electron chi connectivity index (χ0n) is 14.2. The van der Waals surface area contributed by atoms with Gasteiger partial charge in [0.2, 0.25) is 0 Å². The first-order valence-corrected chi connectivity index (χ1v) is 8.41. The van der Waals surface area contributed by atoms with Gasteiger partial charge in [-0.05, 0) is 29.7 Å². The summed E-state index contributed by atoms with van der Waals surface area (Å²) in [5.74, 6) is -0.890. The van der Waals surface area contributed by atoms with Gasteiger partial charge in [0.1, 0.15) is 5.69 Å². The Labute approximate surface area is 152 Å². The van der Waals surface area contributed by atoms with Gasteiger partial charge in [0.05, 0.1) is 6.04 Å². The number of amides is 1. The van der Waals surface area contributed by atoms with Crippen LogP contribution < -0.4 is 5.32 Å². The number of ether oxygens (including phenoxy) is 1. The summed E-state index contributed by atoms with van der Waals surface area (Å²) < 4.78 is 5.05. The highest BCUT2D eigenvalue weighted by molar-refractivity contribution is 5.89. The van der Waals surface area contributed by atoms with Gasteiger partial charge in [-0.3, -0.25) is 4.79 Å². The lowest BCUT2D eigenvalue weighted by Gasteiger charge is -2.19. The number of carbonyl (C=O) groups excluding carboxylic acids is 2. The first-order chi connectivity index (χ1) is 12.7. The summed E-state index contributed by atoms with van der Waals surface area (Å²) in [7, 11) is 0. The van der Waals surface area contributed by atoms with E-state index in [1.807, 2.05) is 60.7 Å². The van der Waals surface area contributed by atoms with E-state index in [9.17, 15) is 9.59 Å². The lowest BCUT2D eigenvalue weighted by molar-refractivity contribution is -0.125. The molecule has 0 spiro atoms. The molecule has 0 aliphatic carbocycles. The number of esters is 1. The number of aromatic nitrogens is 1. The predicted octanol–water partition coefficient (Wildman–Crippen LogP) is 3.27. The quantitative estimate of drug-likeness (QED) is 0.644. The average molecular weight is 348 g/mol. The molecular formula is C21H20N2O3. The van der Waals surface area contributed by atoms with Gasteiger partial charge in [0.15, 0.2) is 6.61 Å². The number of hydrogen-bond acceptors (Lipinski definition) is 3. The van der Waals surface area contributed by atoms with Crippen LogP contribution in [0.4, 0.5) is 0 Å². The fraction of sp³-hybridized carbons (Fsp3) is 0.143. The van der Waals surface area contributed by atoms with Gasteiger partial charge in [0.25, 0.3) is 5.91 Å². The topological polar surface area (TPSA) is 71.2 Å². The average Bonchev–Trinajstić information content (AvgIpc) is 3.22. The molecule has 0 radical (unpaired) electrons. The van der Waals surface area contributed by atoms with Crippen molar-refractivity contribution in [2.24, 2.45) is 0 Å². The molecule has 1 aromatic heterocycles. The van der Waals surface area contributed by atoms with Crippen molar-refractivity contribution in [3.8, 4) is 0 Å². The molecule has 2 aromatic carbocycles. The molecule has 1 amide bonds. The second kappa shape index (κ2) is 8.67. The van der Waals surface area contributed by atoms with Crippen LogP contribution in [0.5, 0.6) is 0 Å². The van der Waals surface area contributed by atoms with Crippen molar-refractivity contribution < 1.29 is 14.3 Å². The maximum absolute atomic E-state index is 12.3. The van der Waals surface area contributed by atoms with Crippen molar-refractivity contribution >= 4 is 11.9 Å². The highest BCUT2D eigenvalue weighted by atomic mass is 16.5. The molecule has 0 fully saturated rings. The maximum Gasteiger partial charge on any atom is 0.355 e. The third-order valence-corrected chi connectivity index (χ3v) is 3.97. The third kappa shape index (κ3) is 4.83. The first kappa shape index (κ1) is 17.5. The summed E-state index contributed by atoms with van der Waals surface area (Å²) in [6.07, 6.45) is 2.28. The van der Waals surface area contributed by atoms with Gasteiger partial charge >= 0.3 is 5.97 Å². The van der Waals surface area contributed by atoms with Gasteiger partial charge < -0.3 is 15.0 Å². The Kier molecular flexibility index (Phi) is 5.83. The van der Waals surface area contributed by atoms with Crippen LogP contribution in [-0.4, -0.2) is 23.5 Å². The number of rotatable bonds is 7. The van der Waals surface area contributed by atoms with E-state index in [4.69, 9.17) is 4.74 Å². The molecule has 5 heteroatoms. The summed E-state index contributed by atoms with van der Waals surface area (Å²) in [4.78, 5) is 26.9. The van der Waals surface area contributed by atoms with Gasteiger partial charge in [-0.15, -0.1) is 0 Å². The van der Waals surface area contributed by atoms with Crippen LogP contribution in [0.1, 0.15) is 27.7 Å². The zero-order valence-corrected chi connectivity index (χ0v) is 14.2. The number of benzene rings is 2. The number of nitrogens with one attached hydrogen (secondary N) is 2. The molecule has 1 atom stereocenters. The Hall–Kier alpha value is -3.34. The largest absolute Gasteiger partial charge is 0.451 e. The number of aromatic amines is 1. The Morgan fingerprint density at radius 3 is 2.27 bits per heavy atom. The lowest BCUT2D eigenvalue weighted by Crippen LogP contribution is -2.33. The smallest absolute Gasteiger partial charge is 0.355 e. The van der Waals surface area contributed by atoms with Crippen LogP contribution in [0.25, 0.3) is 0 Å². The molecule has 0 unspecified atom stereocenters. The van der Waals surface area contributed by atoms with Crippen molar-refractivity contribution in [1.29, 1.82) is 0 Å². The van der Waals surface area contributed by atoms with E-state index < -0.39 is 5.97 Å². The first-order valence-electron chi connectivity index (χ1n) is 8.41. The van der Waals surface area contributed by atoms with Gasteiger partial charge in [-0.25, -0.2) is 4.79 Å². The Balaban J connectivity index is 1.63. The molecule has 3 rings (SSSR count). The van der Waals surface area contributed by atoms with Crippen molar-refractivity contribution in [1.82, 2.24) is 10.3 Å².